The molecule has 17 heavy (non-hydrogen) atoms. The van der Waals surface area contributed by atoms with Crippen molar-refractivity contribution in [2.45, 2.75) is 19.9 Å². The molecule has 2 aromatic heterocycles. The highest BCUT2D eigenvalue weighted by Gasteiger charge is 2.15. The monoisotopic (exact) mass is 329 g/mol. The van der Waals surface area contributed by atoms with Crippen molar-refractivity contribution in [3.63, 3.8) is 0 Å². The molecular formula is C12H12BrNOS2. The van der Waals surface area contributed by atoms with Crippen molar-refractivity contribution in [3.05, 3.63) is 42.7 Å². The number of amides is 1. The highest BCUT2D eigenvalue weighted by atomic mass is 79.9. The van der Waals surface area contributed by atoms with Crippen LogP contribution in [0.2, 0.25) is 0 Å². The Kier molecular flexibility index (Phi) is 4.01. The van der Waals surface area contributed by atoms with E-state index >= 15 is 0 Å². The van der Waals surface area contributed by atoms with Gasteiger partial charge in [-0.2, -0.15) is 0 Å². The molecule has 2 heterocycles. The maximum atomic E-state index is 12.0. The van der Waals surface area contributed by atoms with E-state index in [1.807, 2.05) is 18.4 Å². The molecule has 5 heteroatoms. The summed E-state index contributed by atoms with van der Waals surface area (Å²) in [5, 5.41) is 4.91. The number of aryl methyl sites for hydroxylation is 1. The lowest BCUT2D eigenvalue weighted by atomic mass is 10.2. The van der Waals surface area contributed by atoms with E-state index in [4.69, 9.17) is 0 Å². The summed E-state index contributed by atoms with van der Waals surface area (Å²) in [6.45, 7) is 4.07. The van der Waals surface area contributed by atoms with Gasteiger partial charge < -0.3 is 5.32 Å². The molecule has 1 atom stereocenters. The van der Waals surface area contributed by atoms with E-state index in [-0.39, 0.29) is 11.9 Å². The minimum Gasteiger partial charge on any atom is -0.344 e. The summed E-state index contributed by atoms with van der Waals surface area (Å²) < 4.78 is 0.856. The second-order valence-corrected chi connectivity index (χ2v) is 6.83. The lowest BCUT2D eigenvalue weighted by Crippen LogP contribution is -2.25. The van der Waals surface area contributed by atoms with Gasteiger partial charge in [-0.05, 0) is 53.4 Å². The maximum absolute atomic E-state index is 12.0. The minimum absolute atomic E-state index is 0.0228. The average molecular weight is 330 g/mol. The number of carbonyl (C=O) groups excluding carboxylic acids is 1. The van der Waals surface area contributed by atoms with Crippen LogP contribution < -0.4 is 5.32 Å². The zero-order chi connectivity index (χ0) is 12.4. The molecule has 90 valence electrons. The van der Waals surface area contributed by atoms with Crippen molar-refractivity contribution >= 4 is 44.5 Å². The molecule has 0 fully saturated rings. The van der Waals surface area contributed by atoms with Crippen molar-refractivity contribution in [3.8, 4) is 0 Å². The molecule has 1 unspecified atom stereocenters. The standard InChI is InChI=1S/C12H12BrNOS2/c1-7-3-4-10(17-7)8(2)14-12(15)11-9(13)5-6-16-11/h3-6,8H,1-2H3,(H,14,15). The second kappa shape index (κ2) is 5.33. The summed E-state index contributed by atoms with van der Waals surface area (Å²) >= 11 is 6.53. The van der Waals surface area contributed by atoms with Crippen molar-refractivity contribution in [1.29, 1.82) is 0 Å². The zero-order valence-corrected chi connectivity index (χ0v) is 12.7. The van der Waals surface area contributed by atoms with E-state index < -0.39 is 0 Å². The number of hydrogen-bond acceptors (Lipinski definition) is 3. The lowest BCUT2D eigenvalue weighted by molar-refractivity contribution is 0.0944. The van der Waals surface area contributed by atoms with Gasteiger partial charge in [0.2, 0.25) is 0 Å². The molecule has 2 rings (SSSR count). The molecule has 0 aliphatic carbocycles. The molecule has 0 radical (unpaired) electrons. The fraction of sp³-hybridized carbons (Fsp3) is 0.250. The average Bonchev–Trinajstić information content (AvgIpc) is 2.86. The number of thiophene rings is 2. The van der Waals surface area contributed by atoms with E-state index in [0.717, 1.165) is 9.35 Å². The fourth-order valence-electron chi connectivity index (χ4n) is 1.48. The highest BCUT2D eigenvalue weighted by molar-refractivity contribution is 9.10. The van der Waals surface area contributed by atoms with Crippen LogP contribution in [0.1, 0.15) is 32.4 Å². The number of hydrogen-bond donors (Lipinski definition) is 1. The molecule has 0 saturated heterocycles. The van der Waals surface area contributed by atoms with Gasteiger partial charge in [0, 0.05) is 14.2 Å². The van der Waals surface area contributed by atoms with Crippen LogP contribution in [0.4, 0.5) is 0 Å². The van der Waals surface area contributed by atoms with Gasteiger partial charge in [0.1, 0.15) is 4.88 Å². The van der Waals surface area contributed by atoms with Gasteiger partial charge in [-0.3, -0.25) is 4.79 Å². The van der Waals surface area contributed by atoms with Crippen LogP contribution in [0.25, 0.3) is 0 Å². The van der Waals surface area contributed by atoms with Gasteiger partial charge in [0.25, 0.3) is 5.91 Å². The molecule has 2 aromatic rings. The Hall–Kier alpha value is -0.650. The molecule has 1 N–H and O–H groups in total. The fourth-order valence-corrected chi connectivity index (χ4v) is 3.81. The van der Waals surface area contributed by atoms with Gasteiger partial charge in [0.15, 0.2) is 0 Å². The summed E-state index contributed by atoms with van der Waals surface area (Å²) in [4.78, 5) is 15.2. The lowest BCUT2D eigenvalue weighted by Gasteiger charge is -2.11. The first-order valence-electron chi connectivity index (χ1n) is 5.18. The van der Waals surface area contributed by atoms with Gasteiger partial charge in [-0.25, -0.2) is 0 Å². The van der Waals surface area contributed by atoms with Crippen molar-refractivity contribution in [2.75, 3.05) is 0 Å². The first-order valence-corrected chi connectivity index (χ1v) is 7.67. The molecule has 0 spiro atoms. The van der Waals surface area contributed by atoms with Crippen LogP contribution >= 0.6 is 38.6 Å². The molecular weight excluding hydrogens is 318 g/mol. The second-order valence-electron chi connectivity index (χ2n) is 3.74. The summed E-state index contributed by atoms with van der Waals surface area (Å²) in [5.41, 5.74) is 0. The van der Waals surface area contributed by atoms with E-state index in [2.05, 4.69) is 40.3 Å². The Morgan fingerprint density at radius 3 is 2.71 bits per heavy atom. The largest absolute Gasteiger partial charge is 0.344 e. The summed E-state index contributed by atoms with van der Waals surface area (Å²) in [7, 11) is 0. The molecule has 1 amide bonds. The molecule has 2 nitrogen and oxygen atoms in total. The Balaban J connectivity index is 2.07. The summed E-state index contributed by atoms with van der Waals surface area (Å²) in [5.74, 6) is -0.0228. The van der Waals surface area contributed by atoms with Crippen LogP contribution in [0.5, 0.6) is 0 Å². The third-order valence-electron chi connectivity index (χ3n) is 2.36. The number of carbonyl (C=O) groups is 1. The number of rotatable bonds is 3. The minimum atomic E-state index is -0.0228. The van der Waals surface area contributed by atoms with Crippen LogP contribution in [-0.2, 0) is 0 Å². The van der Waals surface area contributed by atoms with Crippen LogP contribution in [0.15, 0.2) is 28.1 Å². The Morgan fingerprint density at radius 1 is 1.41 bits per heavy atom. The third-order valence-corrected chi connectivity index (χ3v) is 5.38. The predicted molar refractivity (Wildman–Crippen MR) is 77.0 cm³/mol. The topological polar surface area (TPSA) is 29.1 Å². The SMILES string of the molecule is Cc1ccc(C(C)NC(=O)c2sccc2Br)s1. The van der Waals surface area contributed by atoms with E-state index in [1.165, 1.54) is 21.1 Å². The zero-order valence-electron chi connectivity index (χ0n) is 9.49. The first kappa shape index (κ1) is 12.8. The van der Waals surface area contributed by atoms with E-state index in [9.17, 15) is 4.79 Å². The molecule has 0 aliphatic rings. The molecule has 0 bridgehead atoms. The normalized spacial score (nSPS) is 12.4. The van der Waals surface area contributed by atoms with E-state index in [0.29, 0.717) is 0 Å². The Morgan fingerprint density at radius 2 is 2.18 bits per heavy atom. The third kappa shape index (κ3) is 2.97. The smallest absolute Gasteiger partial charge is 0.263 e. The van der Waals surface area contributed by atoms with Gasteiger partial charge >= 0.3 is 0 Å². The van der Waals surface area contributed by atoms with Crippen LogP contribution in [0, 0.1) is 6.92 Å². The van der Waals surface area contributed by atoms with Crippen LogP contribution in [-0.4, -0.2) is 5.91 Å². The van der Waals surface area contributed by atoms with Crippen molar-refractivity contribution in [2.24, 2.45) is 0 Å². The summed E-state index contributed by atoms with van der Waals surface area (Å²) in [6, 6.07) is 6.08. The number of nitrogens with one attached hydrogen (secondary N) is 1. The molecule has 0 saturated carbocycles. The quantitative estimate of drug-likeness (QED) is 0.889. The Bertz CT molecular complexity index is 532. The van der Waals surface area contributed by atoms with E-state index in [1.54, 1.807) is 11.3 Å². The number of halogens is 1. The van der Waals surface area contributed by atoms with Gasteiger partial charge in [0.05, 0.1) is 6.04 Å². The Labute approximate surface area is 117 Å². The predicted octanol–water partition coefficient (Wildman–Crippen LogP) is 4.37. The molecule has 0 aromatic carbocycles. The van der Waals surface area contributed by atoms with Crippen molar-refractivity contribution in [1.82, 2.24) is 5.32 Å². The molecule has 0 aliphatic heterocycles. The first-order chi connectivity index (χ1) is 8.08. The highest BCUT2D eigenvalue weighted by Crippen LogP contribution is 2.25. The van der Waals surface area contributed by atoms with Crippen LogP contribution in [0.3, 0.4) is 0 Å². The van der Waals surface area contributed by atoms with Crippen molar-refractivity contribution < 1.29 is 4.79 Å². The van der Waals surface area contributed by atoms with Gasteiger partial charge in [-0.1, -0.05) is 0 Å². The maximum Gasteiger partial charge on any atom is 0.263 e. The van der Waals surface area contributed by atoms with Gasteiger partial charge in [-0.15, -0.1) is 22.7 Å². The summed E-state index contributed by atoms with van der Waals surface area (Å²) in [6.07, 6.45) is 0.